The number of amides is 2. The maximum absolute atomic E-state index is 9.44. The van der Waals surface area contributed by atoms with Crippen LogP contribution in [0, 0.1) is 0 Å². The minimum atomic E-state index is -0.523. The molecule has 0 spiro atoms. The summed E-state index contributed by atoms with van der Waals surface area (Å²) in [6.07, 6.45) is 7.01. The van der Waals surface area contributed by atoms with E-state index in [1.165, 1.54) is 32.1 Å². The van der Waals surface area contributed by atoms with E-state index in [4.69, 9.17) is 0 Å². The Morgan fingerprint density at radius 2 is 1.12 bits per heavy atom. The zero-order valence-electron chi connectivity index (χ0n) is 10.4. The Kier molecular flexibility index (Phi) is 26.8. The Morgan fingerprint density at radius 3 is 1.24 bits per heavy atom. The van der Waals surface area contributed by atoms with Crippen molar-refractivity contribution in [2.75, 3.05) is 0 Å². The highest BCUT2D eigenvalue weighted by Gasteiger charge is 1.80. The lowest BCUT2D eigenvalue weighted by molar-refractivity contribution is 0.260. The van der Waals surface area contributed by atoms with Crippen molar-refractivity contribution in [3.63, 3.8) is 0 Å². The molecule has 0 heterocycles. The summed E-state index contributed by atoms with van der Waals surface area (Å²) in [7, 11) is 0. The van der Waals surface area contributed by atoms with E-state index >= 15 is 0 Å². The Bertz CT molecular complexity index is 164. The molecular weight excluding hydrogens is 260 g/mol. The van der Waals surface area contributed by atoms with Crippen molar-refractivity contribution in [1.82, 2.24) is 10.9 Å². The highest BCUT2D eigenvalue weighted by atomic mass is 32.1. The van der Waals surface area contributed by atoms with Crippen LogP contribution in [-0.2, 0) is 0 Å². The van der Waals surface area contributed by atoms with Crippen LogP contribution in [-0.4, -0.2) is 10.5 Å². The van der Waals surface area contributed by atoms with Crippen LogP contribution in [0.3, 0.4) is 0 Å². The molecule has 6 N–H and O–H groups in total. The highest BCUT2D eigenvalue weighted by molar-refractivity contribution is 7.96. The lowest BCUT2D eigenvalue weighted by Crippen LogP contribution is -2.23. The van der Waals surface area contributed by atoms with Gasteiger partial charge in [0.2, 0.25) is 0 Å². The Labute approximate surface area is 114 Å². The molecule has 0 aromatic rings. The number of thiol groups is 2. The fourth-order valence-electron chi connectivity index (χ4n) is 0.677. The first-order chi connectivity index (χ1) is 7.95. The average Bonchev–Trinajstić information content (AvgIpc) is 2.31. The van der Waals surface area contributed by atoms with E-state index in [0.29, 0.717) is 0 Å². The van der Waals surface area contributed by atoms with E-state index in [1.807, 2.05) is 0 Å². The molecule has 0 unspecified atom stereocenters. The molecular formula is C9H24N4O2S2. The number of nitrogens with two attached hydrogens (primary N) is 2. The van der Waals surface area contributed by atoms with Gasteiger partial charge in [0.1, 0.15) is 0 Å². The Balaban J connectivity index is -0.000000177. The van der Waals surface area contributed by atoms with Crippen molar-refractivity contribution in [1.29, 1.82) is 0 Å². The monoisotopic (exact) mass is 284 g/mol. The third-order valence-electron chi connectivity index (χ3n) is 1.45. The predicted molar refractivity (Wildman–Crippen MR) is 77.8 cm³/mol. The van der Waals surface area contributed by atoms with Crippen LogP contribution < -0.4 is 22.5 Å². The summed E-state index contributed by atoms with van der Waals surface area (Å²) in [6.45, 7) is 4.49. The lowest BCUT2D eigenvalue weighted by Gasteiger charge is -1.90. The summed E-state index contributed by atoms with van der Waals surface area (Å²) in [6, 6.07) is 0. The van der Waals surface area contributed by atoms with E-state index in [2.05, 4.69) is 50.8 Å². The van der Waals surface area contributed by atoms with Gasteiger partial charge in [-0.15, -0.1) is 0 Å². The summed E-state index contributed by atoms with van der Waals surface area (Å²) < 4.78 is 0. The van der Waals surface area contributed by atoms with E-state index in [-0.39, 0.29) is 0 Å². The van der Waals surface area contributed by atoms with E-state index in [1.54, 1.807) is 10.9 Å². The Morgan fingerprint density at radius 1 is 0.882 bits per heavy atom. The number of carbonyl (C=O) groups excluding carboxylic acids is 2. The van der Waals surface area contributed by atoms with Gasteiger partial charge in [0.25, 0.3) is 10.5 Å². The molecule has 0 fully saturated rings. The molecule has 0 rings (SSSR count). The van der Waals surface area contributed by atoms with Gasteiger partial charge in [0, 0.05) is 0 Å². The molecule has 0 aliphatic heterocycles. The van der Waals surface area contributed by atoms with Crippen LogP contribution in [0.15, 0.2) is 0 Å². The standard InChI is InChI=1S/C7H16.2CH4N2OS/c1-3-5-7-6-4-2;2*2-3-1(4)5/h3-7H2,1-2H3;2*2H2,(H2,3,4,5). The smallest absolute Gasteiger partial charge is 0.285 e. The topological polar surface area (TPSA) is 110 Å². The lowest BCUT2D eigenvalue weighted by atomic mass is 10.2. The van der Waals surface area contributed by atoms with Crippen molar-refractivity contribution in [3.8, 4) is 0 Å². The fourth-order valence-corrected chi connectivity index (χ4v) is 0.677. The number of hydrogen-bond donors (Lipinski definition) is 6. The van der Waals surface area contributed by atoms with Crippen LogP contribution in [0.4, 0.5) is 9.59 Å². The quantitative estimate of drug-likeness (QED) is 0.156. The molecule has 0 saturated heterocycles. The minimum Gasteiger partial charge on any atom is -0.285 e. The van der Waals surface area contributed by atoms with Gasteiger partial charge in [-0.25, -0.2) is 11.7 Å². The Hall–Kier alpha value is -0.440. The molecule has 0 aromatic carbocycles. The van der Waals surface area contributed by atoms with E-state index in [9.17, 15) is 9.59 Å². The second-order valence-electron chi connectivity index (χ2n) is 2.96. The van der Waals surface area contributed by atoms with Crippen molar-refractivity contribution in [2.45, 2.75) is 46.0 Å². The van der Waals surface area contributed by atoms with Gasteiger partial charge >= 0.3 is 0 Å². The van der Waals surface area contributed by atoms with Gasteiger partial charge in [0.05, 0.1) is 0 Å². The van der Waals surface area contributed by atoms with Crippen molar-refractivity contribution in [3.05, 3.63) is 0 Å². The number of hydrogen-bond acceptors (Lipinski definition) is 4. The fraction of sp³-hybridized carbons (Fsp3) is 0.778. The molecule has 2 amide bonds. The SMILES string of the molecule is CCCCCCC.NNC(=O)S.NNC(=O)S. The van der Waals surface area contributed by atoms with Crippen molar-refractivity contribution in [2.24, 2.45) is 11.7 Å². The number of carbonyl (C=O) groups is 2. The molecule has 0 aliphatic rings. The molecule has 0 bridgehead atoms. The second kappa shape index (κ2) is 20.9. The van der Waals surface area contributed by atoms with Gasteiger partial charge in [-0.05, 0) is 0 Å². The second-order valence-corrected chi connectivity index (χ2v) is 3.77. The van der Waals surface area contributed by atoms with Crippen molar-refractivity contribution >= 4 is 35.7 Å². The summed E-state index contributed by atoms with van der Waals surface area (Å²) >= 11 is 6.45. The zero-order valence-corrected chi connectivity index (χ0v) is 12.2. The molecule has 0 aromatic heterocycles. The summed E-state index contributed by atoms with van der Waals surface area (Å²) in [4.78, 5) is 18.9. The van der Waals surface area contributed by atoms with Crippen LogP contribution in [0.25, 0.3) is 0 Å². The molecule has 8 heteroatoms. The van der Waals surface area contributed by atoms with Crippen LogP contribution >= 0.6 is 25.3 Å². The predicted octanol–water partition coefficient (Wildman–Crippen LogP) is 1.98. The van der Waals surface area contributed by atoms with Gasteiger partial charge in [-0.2, -0.15) is 0 Å². The van der Waals surface area contributed by atoms with Gasteiger partial charge in [0.15, 0.2) is 0 Å². The third-order valence-corrected chi connectivity index (χ3v) is 1.71. The maximum Gasteiger partial charge on any atom is 0.289 e. The molecule has 104 valence electrons. The summed E-state index contributed by atoms with van der Waals surface area (Å²) in [5.74, 6) is 8.99. The molecule has 6 nitrogen and oxygen atoms in total. The van der Waals surface area contributed by atoms with E-state index in [0.717, 1.165) is 0 Å². The summed E-state index contributed by atoms with van der Waals surface area (Å²) in [5.41, 5.74) is 3.51. The molecule has 0 saturated carbocycles. The van der Waals surface area contributed by atoms with Crippen LogP contribution in [0.2, 0.25) is 0 Å². The summed E-state index contributed by atoms with van der Waals surface area (Å²) in [5, 5.41) is -1.05. The highest BCUT2D eigenvalue weighted by Crippen LogP contribution is 2.00. The van der Waals surface area contributed by atoms with Gasteiger partial charge < -0.3 is 0 Å². The first-order valence-corrected chi connectivity index (χ1v) is 6.24. The van der Waals surface area contributed by atoms with Crippen LogP contribution in [0.1, 0.15) is 46.0 Å². The first-order valence-electron chi connectivity index (χ1n) is 5.35. The number of nitrogens with one attached hydrogen (secondary N) is 2. The third kappa shape index (κ3) is 50.1. The largest absolute Gasteiger partial charge is 0.289 e. The number of hydrazine groups is 2. The number of rotatable bonds is 4. The normalized spacial score (nSPS) is 7.88. The first kappa shape index (κ1) is 21.8. The van der Waals surface area contributed by atoms with Crippen molar-refractivity contribution < 1.29 is 9.59 Å². The molecule has 0 radical (unpaired) electrons. The molecule has 0 atom stereocenters. The maximum atomic E-state index is 9.44. The average molecular weight is 284 g/mol. The van der Waals surface area contributed by atoms with Crippen LogP contribution in [0.5, 0.6) is 0 Å². The van der Waals surface area contributed by atoms with Gasteiger partial charge in [-0.1, -0.05) is 71.2 Å². The molecule has 17 heavy (non-hydrogen) atoms. The minimum absolute atomic E-state index is 0.523. The molecule has 0 aliphatic carbocycles. The zero-order chi connectivity index (χ0) is 14.1. The van der Waals surface area contributed by atoms with E-state index < -0.39 is 10.5 Å². The van der Waals surface area contributed by atoms with Gasteiger partial charge in [-0.3, -0.25) is 20.4 Å². The number of unbranched alkanes of at least 4 members (excludes halogenated alkanes) is 4.